The number of alkyl carbamates (subject to hydrolysis) is 1. The Hall–Kier alpha value is -3.43. The lowest BCUT2D eigenvalue weighted by Gasteiger charge is -2.29. The Labute approximate surface area is 201 Å². The van der Waals surface area contributed by atoms with Crippen molar-refractivity contribution in [2.45, 2.75) is 57.8 Å². The third-order valence-electron chi connectivity index (χ3n) is 5.15. The average Bonchev–Trinajstić information content (AvgIpc) is 2.98. The van der Waals surface area contributed by atoms with Gasteiger partial charge in [0.15, 0.2) is 0 Å². The monoisotopic (exact) mass is 513 g/mol. The molecule has 2 aliphatic rings. The molecule has 15 heteroatoms. The maximum absolute atomic E-state index is 12.6. The van der Waals surface area contributed by atoms with Crippen molar-refractivity contribution in [2.75, 3.05) is 6.54 Å². The molecule has 35 heavy (non-hydrogen) atoms. The molecule has 192 valence electrons. The van der Waals surface area contributed by atoms with E-state index in [0.717, 1.165) is 10.5 Å². The van der Waals surface area contributed by atoms with Crippen LogP contribution >= 0.6 is 0 Å². The van der Waals surface area contributed by atoms with E-state index in [-0.39, 0.29) is 31.5 Å². The molecule has 2 aliphatic heterocycles. The Morgan fingerprint density at radius 1 is 1.11 bits per heavy atom. The van der Waals surface area contributed by atoms with Crippen molar-refractivity contribution in [1.29, 1.82) is 0 Å². The van der Waals surface area contributed by atoms with Crippen molar-refractivity contribution in [1.82, 2.24) is 26.1 Å². The van der Waals surface area contributed by atoms with Crippen molar-refractivity contribution in [3.05, 3.63) is 35.4 Å². The van der Waals surface area contributed by atoms with Gasteiger partial charge in [-0.3, -0.25) is 25.0 Å². The number of hydroxylamine groups is 2. The van der Waals surface area contributed by atoms with Gasteiger partial charge < -0.3 is 15.0 Å². The molecule has 0 saturated carbocycles. The van der Waals surface area contributed by atoms with Gasteiger partial charge in [-0.1, -0.05) is 12.1 Å². The highest BCUT2D eigenvalue weighted by molar-refractivity contribution is 7.80. The molecule has 0 radical (unpaired) electrons. The molecule has 2 atom stereocenters. The number of nitrogens with zero attached hydrogens (tertiary/aromatic N) is 2. The maximum atomic E-state index is 12.6. The summed E-state index contributed by atoms with van der Waals surface area (Å²) in [6.07, 6.45) is -0.119. The predicted molar refractivity (Wildman–Crippen MR) is 119 cm³/mol. The highest BCUT2D eigenvalue weighted by Gasteiger charge is 2.49. The van der Waals surface area contributed by atoms with E-state index in [1.165, 1.54) is 12.1 Å². The smallest absolute Gasteiger partial charge is 0.418 e. The fourth-order valence-electron chi connectivity index (χ4n) is 3.64. The minimum atomic E-state index is -4.89. The number of fused-ring (bicyclic) bond motifs is 2. The first-order valence-electron chi connectivity index (χ1n) is 10.7. The van der Waals surface area contributed by atoms with Gasteiger partial charge in [-0.05, 0) is 51.3 Å². The molecule has 0 spiro atoms. The summed E-state index contributed by atoms with van der Waals surface area (Å²) in [7, 11) is -4.89. The summed E-state index contributed by atoms with van der Waals surface area (Å²) in [6, 6.07) is 3.79. The number of nitrogens with one attached hydrogen (secondary N) is 3. The second-order valence-electron chi connectivity index (χ2n) is 9.01. The maximum Gasteiger partial charge on any atom is 0.418 e. The van der Waals surface area contributed by atoms with Crippen LogP contribution in [-0.2, 0) is 30.8 Å². The van der Waals surface area contributed by atoms with E-state index < -0.39 is 52.0 Å². The number of ether oxygens (including phenoxy) is 1. The molecule has 14 nitrogen and oxygen atoms in total. The summed E-state index contributed by atoms with van der Waals surface area (Å²) in [5.74, 6) is -1.28. The summed E-state index contributed by atoms with van der Waals surface area (Å²) >= 11 is 0. The largest absolute Gasteiger partial charge is 0.444 e. The summed E-state index contributed by atoms with van der Waals surface area (Å²) in [6.45, 7) is 5.47. The third kappa shape index (κ3) is 7.03. The number of amides is 5. The SMILES string of the molecule is CC(C)(C)OC(=O)NCc1ccc(C(=O)NNC(=O)[C@@H]2CC[C@@H]3CN2C(=O)N3OS(=O)(=O)O)cc1. The number of benzene rings is 1. The number of hydrazine groups is 1. The van der Waals surface area contributed by atoms with Crippen LogP contribution in [0.3, 0.4) is 0 Å². The normalized spacial score (nSPS) is 19.8. The Morgan fingerprint density at radius 3 is 2.37 bits per heavy atom. The van der Waals surface area contributed by atoms with Crippen LogP contribution in [-0.4, -0.2) is 71.1 Å². The molecule has 2 heterocycles. The first-order chi connectivity index (χ1) is 16.2. The first-order valence-corrected chi connectivity index (χ1v) is 12.0. The van der Waals surface area contributed by atoms with E-state index >= 15 is 0 Å². The zero-order chi connectivity index (χ0) is 26.0. The van der Waals surface area contributed by atoms with E-state index in [1.54, 1.807) is 32.9 Å². The van der Waals surface area contributed by atoms with Crippen LogP contribution in [0.15, 0.2) is 24.3 Å². The molecular formula is C20H27N5O9S. The number of hydrogen-bond acceptors (Lipinski definition) is 8. The van der Waals surface area contributed by atoms with Crippen molar-refractivity contribution in [3.8, 4) is 0 Å². The second kappa shape index (κ2) is 10.1. The number of urea groups is 1. The Balaban J connectivity index is 1.49. The van der Waals surface area contributed by atoms with Crippen LogP contribution in [0.4, 0.5) is 9.59 Å². The Kier molecular flexibility index (Phi) is 7.52. The van der Waals surface area contributed by atoms with Crippen LogP contribution in [0.5, 0.6) is 0 Å². The van der Waals surface area contributed by atoms with Gasteiger partial charge in [0.05, 0.1) is 6.04 Å². The molecule has 0 aliphatic carbocycles. The molecule has 4 N–H and O–H groups in total. The topological polar surface area (TPSA) is 184 Å². The Bertz CT molecular complexity index is 1100. The van der Waals surface area contributed by atoms with Gasteiger partial charge in [0.2, 0.25) is 0 Å². The first kappa shape index (κ1) is 26.2. The summed E-state index contributed by atoms with van der Waals surface area (Å²) in [5, 5.41) is 3.13. The predicted octanol–water partition coefficient (Wildman–Crippen LogP) is 0.475. The molecule has 2 saturated heterocycles. The van der Waals surface area contributed by atoms with Gasteiger partial charge in [0.25, 0.3) is 11.8 Å². The van der Waals surface area contributed by atoms with Crippen LogP contribution < -0.4 is 16.2 Å². The highest BCUT2D eigenvalue weighted by atomic mass is 32.3. The quantitative estimate of drug-likeness (QED) is 0.310. The zero-order valence-electron chi connectivity index (χ0n) is 19.3. The fourth-order valence-corrected chi connectivity index (χ4v) is 4.03. The minimum Gasteiger partial charge on any atom is -0.444 e. The number of rotatable bonds is 6. The lowest BCUT2D eigenvalue weighted by atomic mass is 10.0. The van der Waals surface area contributed by atoms with Crippen molar-refractivity contribution in [3.63, 3.8) is 0 Å². The number of carbonyl (C=O) groups excluding carboxylic acids is 4. The van der Waals surface area contributed by atoms with E-state index in [1.807, 2.05) is 0 Å². The second-order valence-corrected chi connectivity index (χ2v) is 10.0. The van der Waals surface area contributed by atoms with Crippen LogP contribution in [0, 0.1) is 0 Å². The number of piperidine rings is 1. The fraction of sp³-hybridized carbons (Fsp3) is 0.500. The molecular weight excluding hydrogens is 486 g/mol. The van der Waals surface area contributed by atoms with Gasteiger partial charge in [-0.2, -0.15) is 13.5 Å². The number of carbonyl (C=O) groups is 4. The van der Waals surface area contributed by atoms with Gasteiger partial charge in [-0.25, -0.2) is 9.59 Å². The van der Waals surface area contributed by atoms with Crippen molar-refractivity contribution in [2.24, 2.45) is 0 Å². The molecule has 0 unspecified atom stereocenters. The molecule has 5 amide bonds. The minimum absolute atomic E-state index is 0.0270. The molecule has 1 aromatic rings. The molecule has 2 fully saturated rings. The molecule has 2 bridgehead atoms. The zero-order valence-corrected chi connectivity index (χ0v) is 20.1. The van der Waals surface area contributed by atoms with Crippen molar-refractivity contribution >= 4 is 34.3 Å². The molecule has 0 aromatic heterocycles. The Morgan fingerprint density at radius 2 is 1.77 bits per heavy atom. The summed E-state index contributed by atoms with van der Waals surface area (Å²) in [4.78, 5) is 50.2. The summed E-state index contributed by atoms with van der Waals surface area (Å²) < 4.78 is 40.2. The van der Waals surface area contributed by atoms with E-state index in [9.17, 15) is 27.6 Å². The van der Waals surface area contributed by atoms with Crippen LogP contribution in [0.25, 0.3) is 0 Å². The van der Waals surface area contributed by atoms with E-state index in [2.05, 4.69) is 20.5 Å². The standard InChI is InChI=1S/C20H27N5O9S/c1-20(2,3)33-18(28)21-10-12-4-6-13(7-5-12)16(26)22-23-17(27)15-9-8-14-11-24(15)19(29)25(14)34-35(30,31)32/h4-7,14-15H,8-11H2,1-3H3,(H,21,28)(H,22,26)(H,23,27)(H,30,31,32)/t14-,15+/m1/s1. The lowest BCUT2D eigenvalue weighted by Crippen LogP contribution is -2.54. The summed E-state index contributed by atoms with van der Waals surface area (Å²) in [5.41, 5.74) is 4.86. The molecule has 3 rings (SSSR count). The van der Waals surface area contributed by atoms with Crippen molar-refractivity contribution < 1.29 is 41.2 Å². The van der Waals surface area contributed by atoms with Gasteiger partial charge in [0.1, 0.15) is 11.6 Å². The van der Waals surface area contributed by atoms with Crippen LogP contribution in [0.2, 0.25) is 0 Å². The lowest BCUT2D eigenvalue weighted by molar-refractivity contribution is -0.126. The average molecular weight is 514 g/mol. The van der Waals surface area contributed by atoms with Gasteiger partial charge in [0, 0.05) is 18.7 Å². The molecule has 1 aromatic carbocycles. The van der Waals surface area contributed by atoms with E-state index in [4.69, 9.17) is 9.29 Å². The van der Waals surface area contributed by atoms with Gasteiger partial charge in [-0.15, -0.1) is 4.28 Å². The third-order valence-corrected chi connectivity index (χ3v) is 5.50. The van der Waals surface area contributed by atoms with Gasteiger partial charge >= 0.3 is 22.5 Å². The van der Waals surface area contributed by atoms with Crippen LogP contribution in [0.1, 0.15) is 49.5 Å². The van der Waals surface area contributed by atoms with E-state index in [0.29, 0.717) is 5.06 Å². The number of hydrogen-bond donors (Lipinski definition) is 4. The highest BCUT2D eigenvalue weighted by Crippen LogP contribution is 2.30.